The summed E-state index contributed by atoms with van der Waals surface area (Å²) in [5.74, 6) is 2.12. The Morgan fingerprint density at radius 3 is 2.29 bits per heavy atom. The van der Waals surface area contributed by atoms with E-state index in [1.54, 1.807) is 11.0 Å². The molecule has 0 unspecified atom stereocenters. The van der Waals surface area contributed by atoms with Gasteiger partial charge in [-0.1, -0.05) is 105 Å². The SMILES string of the molecule is CCC1(CC)c2ccccc2B2c3ccc(N4C5=C(CCCC5)Oc5ccccc54)cc3C(C)(C)c3cccc1c32. The van der Waals surface area contributed by atoms with Crippen LogP contribution < -0.4 is 26.0 Å². The van der Waals surface area contributed by atoms with Crippen molar-refractivity contribution in [3.63, 3.8) is 0 Å². The molecule has 0 saturated heterocycles. The highest BCUT2D eigenvalue weighted by atomic mass is 16.5. The van der Waals surface area contributed by atoms with E-state index in [9.17, 15) is 0 Å². The minimum absolute atomic E-state index is 0.0628. The topological polar surface area (TPSA) is 12.5 Å². The van der Waals surface area contributed by atoms with Crippen LogP contribution in [0.3, 0.4) is 0 Å². The zero-order valence-corrected chi connectivity index (χ0v) is 24.8. The van der Waals surface area contributed by atoms with Crippen LogP contribution >= 0.6 is 0 Å². The Kier molecular flexibility index (Phi) is 5.43. The number of anilines is 2. The monoisotopic (exact) mass is 535 g/mol. The van der Waals surface area contributed by atoms with Crippen molar-refractivity contribution in [3.8, 4) is 5.75 Å². The summed E-state index contributed by atoms with van der Waals surface area (Å²) in [6.07, 6.45) is 6.71. The average molecular weight is 536 g/mol. The van der Waals surface area contributed by atoms with Crippen LogP contribution in [0.2, 0.25) is 0 Å². The van der Waals surface area contributed by atoms with E-state index in [0.29, 0.717) is 0 Å². The Hall–Kier alpha value is -3.72. The molecule has 0 bridgehead atoms. The Bertz CT molecular complexity index is 1740. The summed E-state index contributed by atoms with van der Waals surface area (Å²) in [4.78, 5) is 2.50. The fourth-order valence-electron chi connectivity index (χ4n) is 8.79. The van der Waals surface area contributed by atoms with Gasteiger partial charge < -0.3 is 9.64 Å². The van der Waals surface area contributed by atoms with Crippen LogP contribution in [0, 0.1) is 0 Å². The molecule has 2 nitrogen and oxygen atoms in total. The third-order valence-electron chi connectivity index (χ3n) is 10.9. The van der Waals surface area contributed by atoms with Crippen molar-refractivity contribution in [2.45, 2.75) is 77.0 Å². The predicted octanol–water partition coefficient (Wildman–Crippen LogP) is 7.58. The maximum atomic E-state index is 6.46. The van der Waals surface area contributed by atoms with Crippen molar-refractivity contribution in [3.05, 3.63) is 119 Å². The number of nitrogens with zero attached hydrogens (tertiary/aromatic N) is 1. The van der Waals surface area contributed by atoms with Gasteiger partial charge in [0, 0.05) is 22.9 Å². The highest BCUT2D eigenvalue weighted by Crippen LogP contribution is 2.48. The molecular weight excluding hydrogens is 497 g/mol. The van der Waals surface area contributed by atoms with Crippen LogP contribution in [0.4, 0.5) is 11.4 Å². The number of hydrogen-bond donors (Lipinski definition) is 0. The molecule has 4 aromatic rings. The van der Waals surface area contributed by atoms with Crippen molar-refractivity contribution in [1.82, 2.24) is 0 Å². The van der Waals surface area contributed by atoms with E-state index in [1.165, 1.54) is 51.8 Å². The summed E-state index contributed by atoms with van der Waals surface area (Å²) in [7, 11) is 0. The Morgan fingerprint density at radius 1 is 0.732 bits per heavy atom. The molecule has 3 heterocycles. The second kappa shape index (κ2) is 8.89. The van der Waals surface area contributed by atoms with Gasteiger partial charge in [-0.15, -0.1) is 0 Å². The predicted molar refractivity (Wildman–Crippen MR) is 172 cm³/mol. The van der Waals surface area contributed by atoms with E-state index >= 15 is 0 Å². The zero-order valence-electron chi connectivity index (χ0n) is 24.8. The fraction of sp³-hybridized carbons (Fsp3) is 0.316. The van der Waals surface area contributed by atoms with Gasteiger partial charge in [-0.2, -0.15) is 0 Å². The molecule has 204 valence electrons. The standard InChI is InChI=1S/C38H38BNO/c1-5-38(6-2)26-14-7-8-17-30(26)39-31-23-22-25(24-29(31)37(3,4)27-15-13-16-28(38)36(27)39)40-32-18-9-11-20-34(32)41-35-21-12-10-19-33(35)40/h7-9,11,13-18,20,22-24H,5-6,10,12,19,21H2,1-4H3. The van der Waals surface area contributed by atoms with Crippen molar-refractivity contribution in [2.24, 2.45) is 0 Å². The fourth-order valence-corrected chi connectivity index (χ4v) is 8.79. The van der Waals surface area contributed by atoms with Gasteiger partial charge in [-0.3, -0.25) is 0 Å². The molecule has 4 aliphatic rings. The first-order valence-electron chi connectivity index (χ1n) is 15.7. The highest BCUT2D eigenvalue weighted by Gasteiger charge is 2.49. The lowest BCUT2D eigenvalue weighted by molar-refractivity contribution is 0.363. The minimum Gasteiger partial charge on any atom is -0.458 e. The number of hydrogen-bond acceptors (Lipinski definition) is 2. The molecule has 0 atom stereocenters. The van der Waals surface area contributed by atoms with Gasteiger partial charge in [0.05, 0.1) is 11.4 Å². The third kappa shape index (κ3) is 3.27. The van der Waals surface area contributed by atoms with Crippen molar-refractivity contribution < 1.29 is 4.74 Å². The lowest BCUT2D eigenvalue weighted by Crippen LogP contribution is -2.67. The lowest BCUT2D eigenvalue weighted by Gasteiger charge is -2.48. The minimum atomic E-state index is -0.109. The Balaban J connectivity index is 1.38. The summed E-state index contributed by atoms with van der Waals surface area (Å²) in [5, 5.41) is 0. The molecule has 1 aliphatic carbocycles. The molecule has 0 aromatic heterocycles. The molecule has 3 heteroatoms. The number of ether oxygens (including phenoxy) is 1. The molecule has 3 aliphatic heterocycles. The van der Waals surface area contributed by atoms with Crippen molar-refractivity contribution in [1.29, 1.82) is 0 Å². The first kappa shape index (κ1) is 25.0. The van der Waals surface area contributed by atoms with E-state index in [-0.39, 0.29) is 17.5 Å². The summed E-state index contributed by atoms with van der Waals surface area (Å²) >= 11 is 0. The van der Waals surface area contributed by atoms with Gasteiger partial charge in [-0.05, 0) is 78.6 Å². The molecule has 0 spiro atoms. The normalized spacial score (nSPS) is 18.9. The van der Waals surface area contributed by atoms with Crippen molar-refractivity contribution >= 4 is 34.5 Å². The van der Waals surface area contributed by atoms with Gasteiger partial charge >= 0.3 is 0 Å². The van der Waals surface area contributed by atoms with Gasteiger partial charge in [0.2, 0.25) is 6.71 Å². The van der Waals surface area contributed by atoms with Crippen molar-refractivity contribution in [2.75, 3.05) is 4.90 Å². The smallest absolute Gasteiger partial charge is 0.242 e. The summed E-state index contributed by atoms with van der Waals surface area (Å²) in [5.41, 5.74) is 14.2. The van der Waals surface area contributed by atoms with Crippen LogP contribution in [-0.4, -0.2) is 6.71 Å². The molecule has 0 fully saturated rings. The number of allylic oxidation sites excluding steroid dienone is 2. The zero-order chi connectivity index (χ0) is 27.9. The van der Waals surface area contributed by atoms with Crippen LogP contribution in [0.5, 0.6) is 5.75 Å². The van der Waals surface area contributed by atoms with Crippen LogP contribution in [0.15, 0.2) is 96.4 Å². The van der Waals surface area contributed by atoms with E-state index in [2.05, 4.69) is 118 Å². The molecular formula is C38H38BNO. The second-order valence-electron chi connectivity index (χ2n) is 13.0. The molecule has 0 radical (unpaired) electrons. The van der Waals surface area contributed by atoms with E-state index in [1.807, 2.05) is 0 Å². The number of para-hydroxylation sites is 2. The average Bonchev–Trinajstić information content (AvgIpc) is 3.01. The first-order chi connectivity index (χ1) is 20.0. The van der Waals surface area contributed by atoms with E-state index in [0.717, 1.165) is 42.9 Å². The summed E-state index contributed by atoms with van der Waals surface area (Å²) < 4.78 is 6.46. The van der Waals surface area contributed by atoms with Gasteiger partial charge in [0.25, 0.3) is 0 Å². The van der Waals surface area contributed by atoms with Crippen LogP contribution in [0.1, 0.15) is 88.5 Å². The highest BCUT2D eigenvalue weighted by molar-refractivity contribution is 6.97. The van der Waals surface area contributed by atoms with Crippen LogP contribution in [0.25, 0.3) is 0 Å². The first-order valence-corrected chi connectivity index (χ1v) is 15.7. The number of benzene rings is 4. The van der Waals surface area contributed by atoms with Crippen LogP contribution in [-0.2, 0) is 10.8 Å². The Morgan fingerprint density at radius 2 is 1.44 bits per heavy atom. The van der Waals surface area contributed by atoms with Gasteiger partial charge in [0.1, 0.15) is 5.76 Å². The third-order valence-corrected chi connectivity index (χ3v) is 10.9. The summed E-state index contributed by atoms with van der Waals surface area (Å²) in [6, 6.07) is 32.4. The molecule has 0 saturated carbocycles. The molecule has 0 N–H and O–H groups in total. The van der Waals surface area contributed by atoms with E-state index in [4.69, 9.17) is 4.74 Å². The number of fused-ring (bicyclic) bond motifs is 5. The van der Waals surface area contributed by atoms with Gasteiger partial charge in [-0.25, -0.2) is 0 Å². The van der Waals surface area contributed by atoms with Gasteiger partial charge in [0.15, 0.2) is 5.75 Å². The van der Waals surface area contributed by atoms with E-state index < -0.39 is 0 Å². The maximum Gasteiger partial charge on any atom is 0.242 e. The maximum absolute atomic E-state index is 6.46. The molecule has 41 heavy (non-hydrogen) atoms. The summed E-state index contributed by atoms with van der Waals surface area (Å²) in [6.45, 7) is 9.91. The molecule has 8 rings (SSSR count). The quantitative estimate of drug-likeness (QED) is 0.251. The Labute approximate surface area is 245 Å². The number of rotatable bonds is 3. The largest absolute Gasteiger partial charge is 0.458 e. The molecule has 0 amide bonds. The second-order valence-corrected chi connectivity index (χ2v) is 13.0. The lowest BCUT2D eigenvalue weighted by atomic mass is 9.27. The molecule has 4 aromatic carbocycles.